The molecule has 2 atom stereocenters. The van der Waals surface area contributed by atoms with Crippen LogP contribution in [0.2, 0.25) is 0 Å². The van der Waals surface area contributed by atoms with Gasteiger partial charge in [0, 0.05) is 18.0 Å². The number of nitrogens with two attached hydrogens (primary N) is 1. The van der Waals surface area contributed by atoms with Gasteiger partial charge >= 0.3 is 0 Å². The van der Waals surface area contributed by atoms with Crippen LogP contribution in [0.1, 0.15) is 23.5 Å². The van der Waals surface area contributed by atoms with Crippen LogP contribution in [0.4, 0.5) is 5.69 Å². The molecule has 1 aliphatic rings. The van der Waals surface area contributed by atoms with Crippen LogP contribution in [-0.2, 0) is 16.0 Å². The number of carbonyl (C=O) groups excluding carboxylic acids is 2. The smallest absolute Gasteiger partial charge is 0.230 e. The molecule has 0 radical (unpaired) electrons. The maximum Gasteiger partial charge on any atom is 0.230 e. The molecule has 3 N–H and O–H groups in total. The van der Waals surface area contributed by atoms with Crippen LogP contribution < -0.4 is 11.1 Å². The van der Waals surface area contributed by atoms with E-state index in [-0.39, 0.29) is 30.1 Å². The highest BCUT2D eigenvalue weighted by molar-refractivity contribution is 6.03. The van der Waals surface area contributed by atoms with Gasteiger partial charge in [0.1, 0.15) is 0 Å². The van der Waals surface area contributed by atoms with Gasteiger partial charge in [0.15, 0.2) is 0 Å². The standard InChI is InChI=1S/C18H18N2O2/c19-14-8-6-13(7-9-14)15(10-12-4-2-1-3-5-12)16-11-17(21)20-18(16)22/h1-9,15-16H,10-11,19H2,(H,20,21,22). The predicted molar refractivity (Wildman–Crippen MR) is 85.0 cm³/mol. The number of carbonyl (C=O) groups is 2. The van der Waals surface area contributed by atoms with Gasteiger partial charge in [-0.15, -0.1) is 0 Å². The lowest BCUT2D eigenvalue weighted by molar-refractivity contribution is -0.126. The highest BCUT2D eigenvalue weighted by Gasteiger charge is 2.37. The first kappa shape index (κ1) is 14.3. The van der Waals surface area contributed by atoms with Gasteiger partial charge in [0.25, 0.3) is 0 Å². The van der Waals surface area contributed by atoms with E-state index in [1.807, 2.05) is 54.6 Å². The summed E-state index contributed by atoms with van der Waals surface area (Å²) in [7, 11) is 0. The average Bonchev–Trinajstić information content (AvgIpc) is 2.85. The van der Waals surface area contributed by atoms with Crippen molar-refractivity contribution in [1.29, 1.82) is 0 Å². The summed E-state index contributed by atoms with van der Waals surface area (Å²) in [5.74, 6) is -0.725. The van der Waals surface area contributed by atoms with Crippen molar-refractivity contribution < 1.29 is 9.59 Å². The van der Waals surface area contributed by atoms with Gasteiger partial charge in [0.2, 0.25) is 11.8 Å². The Labute approximate surface area is 129 Å². The van der Waals surface area contributed by atoms with Crippen molar-refractivity contribution in [1.82, 2.24) is 5.32 Å². The summed E-state index contributed by atoms with van der Waals surface area (Å²) in [5, 5.41) is 2.41. The van der Waals surface area contributed by atoms with E-state index in [4.69, 9.17) is 5.73 Å². The first-order chi connectivity index (χ1) is 10.6. The van der Waals surface area contributed by atoms with E-state index in [9.17, 15) is 9.59 Å². The Kier molecular flexibility index (Phi) is 3.92. The molecule has 4 heteroatoms. The molecule has 1 saturated heterocycles. The lowest BCUT2D eigenvalue weighted by Crippen LogP contribution is -2.26. The minimum absolute atomic E-state index is 0.0329. The average molecular weight is 294 g/mol. The summed E-state index contributed by atoms with van der Waals surface area (Å²) in [5.41, 5.74) is 8.62. The molecular formula is C18H18N2O2. The van der Waals surface area contributed by atoms with E-state index in [2.05, 4.69) is 5.32 Å². The molecule has 1 fully saturated rings. The molecule has 0 saturated carbocycles. The minimum Gasteiger partial charge on any atom is -0.399 e. The first-order valence-electron chi connectivity index (χ1n) is 7.36. The van der Waals surface area contributed by atoms with Crippen LogP contribution >= 0.6 is 0 Å². The zero-order valence-electron chi connectivity index (χ0n) is 12.2. The Morgan fingerprint density at radius 2 is 1.73 bits per heavy atom. The van der Waals surface area contributed by atoms with Gasteiger partial charge < -0.3 is 5.73 Å². The predicted octanol–water partition coefficient (Wildman–Crippen LogP) is 2.26. The monoisotopic (exact) mass is 294 g/mol. The zero-order chi connectivity index (χ0) is 15.5. The molecule has 22 heavy (non-hydrogen) atoms. The molecule has 1 aliphatic heterocycles. The fraction of sp³-hybridized carbons (Fsp3) is 0.222. The van der Waals surface area contributed by atoms with Crippen molar-refractivity contribution in [2.75, 3.05) is 5.73 Å². The van der Waals surface area contributed by atoms with Crippen molar-refractivity contribution in [3.05, 3.63) is 65.7 Å². The van der Waals surface area contributed by atoms with Crippen LogP contribution in [0.25, 0.3) is 0 Å². The lowest BCUT2D eigenvalue weighted by Gasteiger charge is -2.22. The third-order valence-electron chi connectivity index (χ3n) is 4.15. The molecule has 2 unspecified atom stereocenters. The number of imide groups is 1. The van der Waals surface area contributed by atoms with E-state index in [0.717, 1.165) is 17.5 Å². The van der Waals surface area contributed by atoms with Crippen molar-refractivity contribution in [2.24, 2.45) is 5.92 Å². The van der Waals surface area contributed by atoms with Gasteiger partial charge in [0.05, 0.1) is 5.92 Å². The van der Waals surface area contributed by atoms with Crippen molar-refractivity contribution in [3.63, 3.8) is 0 Å². The SMILES string of the molecule is Nc1ccc(C(Cc2ccccc2)C2CC(=O)NC2=O)cc1. The van der Waals surface area contributed by atoms with Gasteiger partial charge in [-0.1, -0.05) is 42.5 Å². The molecule has 2 amide bonds. The molecule has 2 aromatic carbocycles. The summed E-state index contributed by atoms with van der Waals surface area (Å²) in [6, 6.07) is 17.6. The molecule has 0 spiro atoms. The lowest BCUT2D eigenvalue weighted by atomic mass is 9.80. The molecule has 0 aromatic heterocycles. The zero-order valence-corrected chi connectivity index (χ0v) is 12.2. The molecule has 112 valence electrons. The molecule has 2 aromatic rings. The van der Waals surface area contributed by atoms with Gasteiger partial charge in [-0.3, -0.25) is 14.9 Å². The summed E-state index contributed by atoms with van der Waals surface area (Å²) in [4.78, 5) is 23.7. The molecule has 4 nitrogen and oxygen atoms in total. The molecule has 3 rings (SSSR count). The van der Waals surface area contributed by atoms with E-state index in [1.165, 1.54) is 0 Å². The number of nitrogen functional groups attached to an aromatic ring is 1. The second kappa shape index (κ2) is 6.02. The Morgan fingerprint density at radius 3 is 2.32 bits per heavy atom. The van der Waals surface area contributed by atoms with Gasteiger partial charge in [-0.05, 0) is 29.7 Å². The second-order valence-corrected chi connectivity index (χ2v) is 5.69. The van der Waals surface area contributed by atoms with E-state index >= 15 is 0 Å². The highest BCUT2D eigenvalue weighted by atomic mass is 16.2. The van der Waals surface area contributed by atoms with Gasteiger partial charge in [-0.2, -0.15) is 0 Å². The maximum atomic E-state index is 12.1. The number of rotatable bonds is 4. The second-order valence-electron chi connectivity index (χ2n) is 5.69. The van der Waals surface area contributed by atoms with Gasteiger partial charge in [-0.25, -0.2) is 0 Å². The largest absolute Gasteiger partial charge is 0.399 e. The van der Waals surface area contributed by atoms with Crippen LogP contribution in [0.5, 0.6) is 0 Å². The normalized spacial score (nSPS) is 19.0. The molecular weight excluding hydrogens is 276 g/mol. The third kappa shape index (κ3) is 3.01. The van der Waals surface area contributed by atoms with E-state index in [0.29, 0.717) is 5.69 Å². The fourth-order valence-electron chi connectivity index (χ4n) is 3.00. The minimum atomic E-state index is -0.323. The quantitative estimate of drug-likeness (QED) is 0.671. The summed E-state index contributed by atoms with van der Waals surface area (Å²) in [6.07, 6.45) is 0.969. The summed E-state index contributed by atoms with van der Waals surface area (Å²) >= 11 is 0. The van der Waals surface area contributed by atoms with E-state index in [1.54, 1.807) is 0 Å². The topological polar surface area (TPSA) is 72.2 Å². The molecule has 1 heterocycles. The number of hydrogen-bond acceptors (Lipinski definition) is 3. The number of hydrogen-bond donors (Lipinski definition) is 2. The third-order valence-corrected chi connectivity index (χ3v) is 4.15. The van der Waals surface area contributed by atoms with Crippen LogP contribution in [0.15, 0.2) is 54.6 Å². The van der Waals surface area contributed by atoms with Crippen molar-refractivity contribution in [2.45, 2.75) is 18.8 Å². The Hall–Kier alpha value is -2.62. The number of amides is 2. The Morgan fingerprint density at radius 1 is 1.05 bits per heavy atom. The van der Waals surface area contributed by atoms with Crippen LogP contribution in [0, 0.1) is 5.92 Å². The molecule has 0 aliphatic carbocycles. The highest BCUT2D eigenvalue weighted by Crippen LogP contribution is 2.33. The van der Waals surface area contributed by atoms with E-state index < -0.39 is 0 Å². The van der Waals surface area contributed by atoms with Crippen molar-refractivity contribution >= 4 is 17.5 Å². The summed E-state index contributed by atoms with van der Waals surface area (Å²) < 4.78 is 0. The van der Waals surface area contributed by atoms with Crippen LogP contribution in [-0.4, -0.2) is 11.8 Å². The van der Waals surface area contributed by atoms with Crippen LogP contribution in [0.3, 0.4) is 0 Å². The Bertz CT molecular complexity index is 680. The summed E-state index contributed by atoms with van der Waals surface area (Å²) in [6.45, 7) is 0. The maximum absolute atomic E-state index is 12.1. The fourth-order valence-corrected chi connectivity index (χ4v) is 3.00. The van der Waals surface area contributed by atoms with Crippen molar-refractivity contribution in [3.8, 4) is 0 Å². The number of nitrogens with one attached hydrogen (secondary N) is 1. The number of benzene rings is 2. The Balaban J connectivity index is 1.93. The number of anilines is 1. The first-order valence-corrected chi connectivity index (χ1v) is 7.36. The molecule has 0 bridgehead atoms.